The number of hydrogen-bond donors (Lipinski definition) is 4. The summed E-state index contributed by atoms with van der Waals surface area (Å²) in [5, 5.41) is 17.5. The van der Waals surface area contributed by atoms with Gasteiger partial charge in [-0.25, -0.2) is 0 Å². The molecule has 1 saturated heterocycles. The number of nitrogens with two attached hydrogens (primary N) is 1. The Hall–Kier alpha value is 0.644. The van der Waals surface area contributed by atoms with E-state index in [2.05, 4.69) is 76.1 Å². The summed E-state index contributed by atoms with van der Waals surface area (Å²) in [5.41, 5.74) is 6.05. The van der Waals surface area contributed by atoms with Gasteiger partial charge in [-0.1, -0.05) is 0 Å². The zero-order chi connectivity index (χ0) is 35.1. The van der Waals surface area contributed by atoms with Crippen molar-refractivity contribution < 1.29 is 35.8 Å². The molecular weight excluding hydrogens is 671 g/mol. The fraction of sp³-hybridized carbons (Fsp3) is 1.00. The molecular formula is C30H73N3O8Si5. The molecule has 5 N–H and O–H groups in total. The number of aliphatic hydroxyl groups is 1. The lowest BCUT2D eigenvalue weighted by atomic mass is 9.89. The molecule has 1 aliphatic heterocycles. The van der Waals surface area contributed by atoms with Crippen molar-refractivity contribution in [1.82, 2.24) is 10.6 Å². The Morgan fingerprint density at radius 3 is 2.02 bits per heavy atom. The summed E-state index contributed by atoms with van der Waals surface area (Å²) in [4.78, 5) is 0. The van der Waals surface area contributed by atoms with E-state index >= 15 is 0 Å². The molecule has 1 heterocycles. The van der Waals surface area contributed by atoms with Crippen molar-refractivity contribution in [2.75, 3.05) is 59.7 Å². The van der Waals surface area contributed by atoms with Gasteiger partial charge in [0, 0.05) is 45.3 Å². The lowest BCUT2D eigenvalue weighted by Gasteiger charge is -2.44. The first-order chi connectivity index (χ1) is 21.2. The minimum absolute atomic E-state index is 0.121. The maximum atomic E-state index is 10.6. The SMILES string of the molecule is COC(C)COCCCC1OCC1CC(O)CNCCNCCC[Si](C)(O[Si](C)(C)O[Si](C)(C)C)O[Si](C)(CCN)O[Si](C)(C)C. The molecule has 0 aromatic carbocycles. The zero-order valence-electron chi connectivity index (χ0n) is 31.6. The van der Waals surface area contributed by atoms with E-state index in [0.29, 0.717) is 32.2 Å². The van der Waals surface area contributed by atoms with E-state index in [1.165, 1.54) is 0 Å². The van der Waals surface area contributed by atoms with Gasteiger partial charge in [-0.3, -0.25) is 0 Å². The van der Waals surface area contributed by atoms with Crippen molar-refractivity contribution in [2.45, 2.75) is 128 Å². The van der Waals surface area contributed by atoms with Crippen LogP contribution in [0.2, 0.25) is 77.6 Å². The van der Waals surface area contributed by atoms with Crippen LogP contribution in [0.3, 0.4) is 0 Å². The van der Waals surface area contributed by atoms with Crippen LogP contribution in [0.25, 0.3) is 0 Å². The molecule has 11 nitrogen and oxygen atoms in total. The fourth-order valence-electron chi connectivity index (χ4n) is 6.04. The summed E-state index contributed by atoms with van der Waals surface area (Å²) in [6, 6.07) is 1.62. The van der Waals surface area contributed by atoms with Crippen molar-refractivity contribution in [2.24, 2.45) is 11.7 Å². The van der Waals surface area contributed by atoms with Crippen LogP contribution in [0.1, 0.15) is 32.6 Å². The molecule has 0 radical (unpaired) electrons. The molecule has 1 rings (SSSR count). The van der Waals surface area contributed by atoms with Crippen LogP contribution in [-0.4, -0.2) is 125 Å². The van der Waals surface area contributed by atoms with Crippen LogP contribution in [0.5, 0.6) is 0 Å². The molecule has 0 aromatic rings. The lowest BCUT2D eigenvalue weighted by molar-refractivity contribution is -0.133. The third-order valence-corrected chi connectivity index (χ3v) is 25.8. The van der Waals surface area contributed by atoms with Crippen LogP contribution in [0.15, 0.2) is 0 Å². The molecule has 0 saturated carbocycles. The third kappa shape index (κ3) is 21.0. The molecule has 0 aliphatic carbocycles. The highest BCUT2D eigenvalue weighted by Crippen LogP contribution is 2.31. The predicted octanol–water partition coefficient (Wildman–Crippen LogP) is 4.69. The van der Waals surface area contributed by atoms with Gasteiger partial charge in [-0.05, 0) is 117 Å². The van der Waals surface area contributed by atoms with E-state index < -0.39 is 42.3 Å². The maximum absolute atomic E-state index is 10.6. The molecule has 16 heteroatoms. The van der Waals surface area contributed by atoms with Crippen LogP contribution in [-0.2, 0) is 30.7 Å². The zero-order valence-corrected chi connectivity index (χ0v) is 36.6. The Morgan fingerprint density at radius 2 is 1.46 bits per heavy atom. The minimum Gasteiger partial charge on any atom is -0.437 e. The molecule has 0 spiro atoms. The Balaban J connectivity index is 2.46. The normalized spacial score (nSPS) is 21.8. The Labute approximate surface area is 287 Å². The topological polar surface area (TPSA) is 135 Å². The predicted molar refractivity (Wildman–Crippen MR) is 201 cm³/mol. The van der Waals surface area contributed by atoms with Gasteiger partial charge in [0.1, 0.15) is 0 Å². The third-order valence-electron chi connectivity index (χ3n) is 7.57. The second-order valence-corrected chi connectivity index (χ2v) is 35.7. The fourth-order valence-corrected chi connectivity index (χ4v) is 29.5. The summed E-state index contributed by atoms with van der Waals surface area (Å²) >= 11 is 0. The summed E-state index contributed by atoms with van der Waals surface area (Å²) < 4.78 is 43.9. The van der Waals surface area contributed by atoms with E-state index in [9.17, 15) is 5.11 Å². The van der Waals surface area contributed by atoms with Crippen molar-refractivity contribution in [3.63, 3.8) is 0 Å². The monoisotopic (exact) mass is 743 g/mol. The minimum atomic E-state index is -2.63. The maximum Gasteiger partial charge on any atom is 0.317 e. The molecule has 6 unspecified atom stereocenters. The quantitative estimate of drug-likeness (QED) is 0.0657. The second-order valence-electron chi connectivity index (χ2n) is 15.7. The van der Waals surface area contributed by atoms with Crippen molar-refractivity contribution in [3.8, 4) is 0 Å². The second kappa shape index (κ2) is 21.1. The molecule has 0 aromatic heterocycles. The Morgan fingerprint density at radius 1 is 0.826 bits per heavy atom. The van der Waals surface area contributed by atoms with Crippen LogP contribution in [0, 0.1) is 5.92 Å². The van der Waals surface area contributed by atoms with Gasteiger partial charge in [0.15, 0.2) is 16.6 Å². The summed E-state index contributed by atoms with van der Waals surface area (Å²) in [6.07, 6.45) is 3.63. The largest absolute Gasteiger partial charge is 0.437 e. The molecule has 0 bridgehead atoms. The number of ether oxygens (including phenoxy) is 3. The van der Waals surface area contributed by atoms with E-state index in [1.807, 2.05) is 6.92 Å². The Kier molecular flexibility index (Phi) is 20.5. The highest BCUT2D eigenvalue weighted by molar-refractivity contribution is 6.90. The molecule has 0 amide bonds. The molecule has 46 heavy (non-hydrogen) atoms. The number of nitrogens with one attached hydrogen (secondary N) is 2. The summed E-state index contributed by atoms with van der Waals surface area (Å²) in [5.74, 6) is 0.422. The van der Waals surface area contributed by atoms with Crippen molar-refractivity contribution in [3.05, 3.63) is 0 Å². The highest BCUT2D eigenvalue weighted by Gasteiger charge is 2.48. The van der Waals surface area contributed by atoms with Crippen LogP contribution in [0.4, 0.5) is 0 Å². The van der Waals surface area contributed by atoms with Gasteiger partial charge >= 0.3 is 25.7 Å². The van der Waals surface area contributed by atoms with Gasteiger partial charge in [0.05, 0.1) is 31.5 Å². The van der Waals surface area contributed by atoms with E-state index in [1.54, 1.807) is 7.11 Å². The van der Waals surface area contributed by atoms with E-state index in [4.69, 9.17) is 36.4 Å². The summed E-state index contributed by atoms with van der Waals surface area (Å²) in [6.45, 7) is 29.7. The number of aliphatic hydroxyl groups excluding tert-OH is 1. The van der Waals surface area contributed by atoms with Crippen molar-refractivity contribution >= 4 is 42.3 Å². The van der Waals surface area contributed by atoms with E-state index in [0.717, 1.165) is 64.0 Å². The van der Waals surface area contributed by atoms with Crippen LogP contribution >= 0.6 is 0 Å². The van der Waals surface area contributed by atoms with Crippen LogP contribution < -0.4 is 16.4 Å². The molecule has 276 valence electrons. The molecule has 1 aliphatic rings. The summed E-state index contributed by atoms with van der Waals surface area (Å²) in [7, 11) is -9.48. The number of hydrogen-bond acceptors (Lipinski definition) is 11. The molecule has 6 atom stereocenters. The standard InChI is InChI=1S/C30H73N3O8Si5/c1-27(35-2)25-36-20-13-15-30-28(26-37-30)23-29(34)24-33-19-18-32-17-14-21-45(11,40-44(9,10)38-42(3,4)5)41-46(12,22-16-31)39-43(6,7)8/h27-30,32-34H,13-26,31H2,1-12H3. The first-order valence-corrected chi connectivity index (χ1v) is 32.2. The van der Waals surface area contributed by atoms with E-state index in [-0.39, 0.29) is 18.3 Å². The average Bonchev–Trinajstić information content (AvgIpc) is 2.86. The van der Waals surface area contributed by atoms with Crippen molar-refractivity contribution in [1.29, 1.82) is 0 Å². The van der Waals surface area contributed by atoms with Gasteiger partial charge in [0.25, 0.3) is 0 Å². The first-order valence-electron chi connectivity index (χ1n) is 17.5. The lowest BCUT2D eigenvalue weighted by Crippen LogP contribution is -2.60. The average molecular weight is 744 g/mol. The number of methoxy groups -OCH3 is 1. The van der Waals surface area contributed by atoms with Gasteiger partial charge < -0.3 is 52.1 Å². The number of rotatable bonds is 28. The molecule has 1 fully saturated rings. The smallest absolute Gasteiger partial charge is 0.317 e. The highest BCUT2D eigenvalue weighted by atomic mass is 28.5. The van der Waals surface area contributed by atoms with Gasteiger partial charge in [-0.2, -0.15) is 0 Å². The van der Waals surface area contributed by atoms with Gasteiger partial charge in [0.2, 0.25) is 0 Å². The Bertz CT molecular complexity index is 826. The van der Waals surface area contributed by atoms with Gasteiger partial charge in [-0.15, -0.1) is 0 Å². The first kappa shape index (κ1) is 44.7.